The van der Waals surface area contributed by atoms with Gasteiger partial charge in [0.1, 0.15) is 0 Å². The van der Waals surface area contributed by atoms with Gasteiger partial charge in [-0.1, -0.05) is 6.07 Å². The summed E-state index contributed by atoms with van der Waals surface area (Å²) in [4.78, 5) is 30.2. The van der Waals surface area contributed by atoms with Gasteiger partial charge < -0.3 is 19.9 Å². The van der Waals surface area contributed by atoms with Gasteiger partial charge in [0.05, 0.1) is 12.0 Å². The van der Waals surface area contributed by atoms with Crippen molar-refractivity contribution in [1.29, 1.82) is 0 Å². The molecule has 0 spiro atoms. The van der Waals surface area contributed by atoms with E-state index in [4.69, 9.17) is 4.74 Å². The van der Waals surface area contributed by atoms with Crippen molar-refractivity contribution in [2.75, 3.05) is 47.4 Å². The van der Waals surface area contributed by atoms with Crippen molar-refractivity contribution >= 4 is 23.2 Å². The zero-order chi connectivity index (χ0) is 18.7. The minimum atomic E-state index is -0.317. The Balaban J connectivity index is 1.69. The van der Waals surface area contributed by atoms with Gasteiger partial charge in [-0.2, -0.15) is 0 Å². The second-order valence-corrected chi connectivity index (χ2v) is 8.82. The van der Waals surface area contributed by atoms with Crippen LogP contribution in [0.5, 0.6) is 0 Å². The van der Waals surface area contributed by atoms with Crippen molar-refractivity contribution in [3.05, 3.63) is 22.4 Å². The third kappa shape index (κ3) is 4.10. The lowest BCUT2D eigenvalue weighted by Crippen LogP contribution is -2.48. The van der Waals surface area contributed by atoms with E-state index in [1.165, 1.54) is 0 Å². The van der Waals surface area contributed by atoms with Gasteiger partial charge >= 0.3 is 0 Å². The molecule has 1 N–H and O–H groups in total. The fourth-order valence-electron chi connectivity index (χ4n) is 4.23. The molecule has 0 aliphatic carbocycles. The van der Waals surface area contributed by atoms with Crippen LogP contribution in [0.25, 0.3) is 0 Å². The number of carbonyl (C=O) groups is 2. The van der Waals surface area contributed by atoms with Crippen LogP contribution in [0.1, 0.15) is 30.2 Å². The van der Waals surface area contributed by atoms with Crippen LogP contribution >= 0.6 is 11.3 Å². The molecule has 0 bridgehead atoms. The number of amides is 2. The van der Waals surface area contributed by atoms with E-state index in [-0.39, 0.29) is 35.6 Å². The summed E-state index contributed by atoms with van der Waals surface area (Å²) in [6.45, 7) is 3.05. The van der Waals surface area contributed by atoms with Crippen LogP contribution in [0.15, 0.2) is 17.5 Å². The fourth-order valence-corrected chi connectivity index (χ4v) is 5.16. The molecule has 3 heterocycles. The predicted octanol–water partition coefficient (Wildman–Crippen LogP) is 1.74. The summed E-state index contributed by atoms with van der Waals surface area (Å²) in [6, 6.07) is 3.83. The summed E-state index contributed by atoms with van der Waals surface area (Å²) in [7, 11) is 5.93. The minimum absolute atomic E-state index is 0.00859. The van der Waals surface area contributed by atoms with Crippen LogP contribution in [-0.2, 0) is 14.3 Å². The summed E-state index contributed by atoms with van der Waals surface area (Å²) in [5.74, 6) is -0.286. The standard InChI is InChI=1S/C19H29N3O3S/c1-21(2)13-19(6-8-25-9-7-19)12-20-18(24)14-11-16(23)22(3)17(14)15-5-4-10-26-15/h4-5,10,14,17H,6-9,11-13H2,1-3H3,(H,20,24). The van der Waals surface area contributed by atoms with E-state index in [0.29, 0.717) is 6.54 Å². The normalized spacial score (nSPS) is 25.7. The third-order valence-corrected chi connectivity index (χ3v) is 6.54. The molecule has 0 radical (unpaired) electrons. The second kappa shape index (κ2) is 8.06. The molecule has 7 heteroatoms. The Morgan fingerprint density at radius 1 is 1.42 bits per heavy atom. The molecule has 2 aliphatic rings. The maximum absolute atomic E-state index is 13.0. The van der Waals surface area contributed by atoms with Gasteiger partial charge in [-0.15, -0.1) is 11.3 Å². The highest BCUT2D eigenvalue weighted by Gasteiger charge is 2.44. The van der Waals surface area contributed by atoms with Crippen LogP contribution in [0, 0.1) is 11.3 Å². The van der Waals surface area contributed by atoms with E-state index in [0.717, 1.165) is 37.5 Å². The Morgan fingerprint density at radius 3 is 2.77 bits per heavy atom. The summed E-state index contributed by atoms with van der Waals surface area (Å²) >= 11 is 1.60. The molecule has 2 fully saturated rings. The highest BCUT2D eigenvalue weighted by molar-refractivity contribution is 7.10. The molecule has 26 heavy (non-hydrogen) atoms. The van der Waals surface area contributed by atoms with E-state index in [9.17, 15) is 9.59 Å². The lowest BCUT2D eigenvalue weighted by atomic mass is 9.79. The van der Waals surface area contributed by atoms with Gasteiger partial charge in [0.25, 0.3) is 0 Å². The lowest BCUT2D eigenvalue weighted by Gasteiger charge is -2.39. The highest BCUT2D eigenvalue weighted by Crippen LogP contribution is 2.39. The molecule has 0 saturated carbocycles. The molecule has 2 amide bonds. The average molecular weight is 380 g/mol. The van der Waals surface area contributed by atoms with E-state index in [1.807, 2.05) is 17.5 Å². The van der Waals surface area contributed by atoms with Crippen molar-refractivity contribution in [3.8, 4) is 0 Å². The first-order valence-electron chi connectivity index (χ1n) is 9.21. The number of likely N-dealkylation sites (tertiary alicyclic amines) is 1. The molecule has 1 aromatic heterocycles. The smallest absolute Gasteiger partial charge is 0.226 e. The van der Waals surface area contributed by atoms with Gasteiger partial charge in [-0.3, -0.25) is 9.59 Å². The van der Waals surface area contributed by atoms with Crippen molar-refractivity contribution in [3.63, 3.8) is 0 Å². The van der Waals surface area contributed by atoms with Crippen LogP contribution in [0.2, 0.25) is 0 Å². The first kappa shape index (κ1) is 19.3. The topological polar surface area (TPSA) is 61.9 Å². The van der Waals surface area contributed by atoms with Crippen molar-refractivity contribution in [2.45, 2.75) is 25.3 Å². The number of hydrogen-bond donors (Lipinski definition) is 1. The maximum Gasteiger partial charge on any atom is 0.226 e. The Bertz CT molecular complexity index is 626. The number of hydrogen-bond acceptors (Lipinski definition) is 5. The third-order valence-electron chi connectivity index (χ3n) is 5.60. The lowest BCUT2D eigenvalue weighted by molar-refractivity contribution is -0.128. The molecule has 3 rings (SSSR count). The summed E-state index contributed by atoms with van der Waals surface area (Å²) in [5.41, 5.74) is 0.0460. The summed E-state index contributed by atoms with van der Waals surface area (Å²) in [5, 5.41) is 5.17. The van der Waals surface area contributed by atoms with E-state index in [1.54, 1.807) is 23.3 Å². The molecule has 6 nitrogen and oxygen atoms in total. The molecule has 0 aromatic carbocycles. The molecular formula is C19H29N3O3S. The second-order valence-electron chi connectivity index (χ2n) is 7.84. The van der Waals surface area contributed by atoms with Crippen LogP contribution < -0.4 is 5.32 Å². The molecule has 1 aromatic rings. The van der Waals surface area contributed by atoms with Crippen LogP contribution in [-0.4, -0.2) is 69.1 Å². The largest absolute Gasteiger partial charge is 0.381 e. The minimum Gasteiger partial charge on any atom is -0.381 e. The van der Waals surface area contributed by atoms with Crippen molar-refractivity contribution in [2.24, 2.45) is 11.3 Å². The Morgan fingerprint density at radius 2 is 2.15 bits per heavy atom. The quantitative estimate of drug-likeness (QED) is 0.818. The number of nitrogens with one attached hydrogen (secondary N) is 1. The molecule has 2 saturated heterocycles. The molecular weight excluding hydrogens is 350 g/mol. The zero-order valence-electron chi connectivity index (χ0n) is 15.9. The van der Waals surface area contributed by atoms with Gasteiger partial charge in [-0.05, 0) is 38.4 Å². The summed E-state index contributed by atoms with van der Waals surface area (Å²) < 4.78 is 5.53. The Hall–Kier alpha value is -1.44. The maximum atomic E-state index is 13.0. The van der Waals surface area contributed by atoms with Gasteiger partial charge in [0.15, 0.2) is 0 Å². The van der Waals surface area contributed by atoms with E-state index in [2.05, 4.69) is 24.3 Å². The van der Waals surface area contributed by atoms with Gasteiger partial charge in [0, 0.05) is 50.1 Å². The fraction of sp³-hybridized carbons (Fsp3) is 0.684. The number of thiophene rings is 1. The number of ether oxygens (including phenoxy) is 1. The highest BCUT2D eigenvalue weighted by atomic mass is 32.1. The van der Waals surface area contributed by atoms with Crippen molar-refractivity contribution in [1.82, 2.24) is 15.1 Å². The SMILES string of the molecule is CN(C)CC1(CNC(=O)C2CC(=O)N(C)C2c2cccs2)CCOCC1. The van der Waals surface area contributed by atoms with Crippen LogP contribution in [0.3, 0.4) is 0 Å². The van der Waals surface area contributed by atoms with Crippen LogP contribution in [0.4, 0.5) is 0 Å². The number of nitrogens with zero attached hydrogens (tertiary/aromatic N) is 2. The number of carbonyl (C=O) groups excluding carboxylic acids is 2. The van der Waals surface area contributed by atoms with E-state index >= 15 is 0 Å². The van der Waals surface area contributed by atoms with Crippen molar-refractivity contribution < 1.29 is 14.3 Å². The Labute approximate surface area is 159 Å². The summed E-state index contributed by atoms with van der Waals surface area (Å²) in [6.07, 6.45) is 2.18. The first-order valence-corrected chi connectivity index (χ1v) is 10.1. The average Bonchev–Trinajstić information content (AvgIpc) is 3.22. The molecule has 2 aliphatic heterocycles. The van der Waals surface area contributed by atoms with Gasteiger partial charge in [-0.25, -0.2) is 0 Å². The molecule has 144 valence electrons. The predicted molar refractivity (Wildman–Crippen MR) is 102 cm³/mol. The van der Waals surface area contributed by atoms with Gasteiger partial charge in [0.2, 0.25) is 11.8 Å². The molecule has 2 unspecified atom stereocenters. The van der Waals surface area contributed by atoms with E-state index < -0.39 is 0 Å². The zero-order valence-corrected chi connectivity index (χ0v) is 16.7. The number of rotatable bonds is 6. The first-order chi connectivity index (χ1) is 12.4. The Kier molecular flexibility index (Phi) is 5.99. The monoisotopic (exact) mass is 379 g/mol. The molecule has 2 atom stereocenters.